The quantitative estimate of drug-likeness (QED) is 0.704. The summed E-state index contributed by atoms with van der Waals surface area (Å²) in [7, 11) is -7.69. The Morgan fingerprint density at radius 2 is 1.92 bits per heavy atom. The van der Waals surface area contributed by atoms with Gasteiger partial charge >= 0.3 is 0 Å². The standard InChI is InChI=1S/C14H19N3O5S3/c15-24(18,19)13-11-12-3-6-17(25(20,21)14(12)23-13)5-2-1-4-16-7-9-22-10-8-16/h1-3,6,11H,4-5,7-10H2,(H2,15,18,19)/b2-1+. The Kier molecular flexibility index (Phi) is 5.32. The number of sulfonamides is 2. The highest BCUT2D eigenvalue weighted by atomic mass is 32.3. The molecule has 3 heterocycles. The fourth-order valence-electron chi connectivity index (χ4n) is 2.52. The third-order valence-corrected chi connectivity index (χ3v) is 8.71. The van der Waals surface area contributed by atoms with Gasteiger partial charge in [0.2, 0.25) is 10.0 Å². The summed E-state index contributed by atoms with van der Waals surface area (Å²) in [5.41, 5.74) is 0.350. The number of nitrogens with zero attached hydrogens (tertiary/aromatic N) is 2. The summed E-state index contributed by atoms with van der Waals surface area (Å²) < 4.78 is 54.4. The van der Waals surface area contributed by atoms with Gasteiger partial charge in [0.05, 0.1) is 19.8 Å². The molecule has 3 rings (SSSR count). The largest absolute Gasteiger partial charge is 0.379 e. The fraction of sp³-hybridized carbons (Fsp3) is 0.429. The maximum atomic E-state index is 12.6. The van der Waals surface area contributed by atoms with Crippen molar-refractivity contribution in [3.8, 4) is 0 Å². The molecule has 1 saturated heterocycles. The molecular weight excluding hydrogens is 386 g/mol. The van der Waals surface area contributed by atoms with Crippen LogP contribution in [0.1, 0.15) is 5.56 Å². The molecule has 0 atom stereocenters. The molecule has 1 fully saturated rings. The molecule has 0 saturated carbocycles. The Morgan fingerprint density at radius 3 is 2.60 bits per heavy atom. The number of hydrogen-bond donors (Lipinski definition) is 1. The van der Waals surface area contributed by atoms with E-state index in [9.17, 15) is 16.8 Å². The molecule has 1 aromatic heterocycles. The van der Waals surface area contributed by atoms with Crippen LogP contribution in [0.2, 0.25) is 0 Å². The molecule has 2 aliphatic rings. The number of fused-ring (bicyclic) bond motifs is 1. The molecule has 25 heavy (non-hydrogen) atoms. The van der Waals surface area contributed by atoms with Crippen molar-refractivity contribution in [2.75, 3.05) is 39.4 Å². The van der Waals surface area contributed by atoms with Crippen LogP contribution in [0.4, 0.5) is 0 Å². The number of hydrogen-bond acceptors (Lipinski definition) is 7. The molecule has 11 heteroatoms. The minimum absolute atomic E-state index is 0.000560. The monoisotopic (exact) mass is 405 g/mol. The number of thiophene rings is 1. The van der Waals surface area contributed by atoms with E-state index in [1.54, 1.807) is 12.2 Å². The molecule has 0 bridgehead atoms. The van der Waals surface area contributed by atoms with E-state index in [0.29, 0.717) is 30.1 Å². The van der Waals surface area contributed by atoms with Crippen molar-refractivity contribution in [3.05, 3.63) is 30.0 Å². The average molecular weight is 406 g/mol. The van der Waals surface area contributed by atoms with Crippen molar-refractivity contribution in [1.29, 1.82) is 0 Å². The summed E-state index contributed by atoms with van der Waals surface area (Å²) in [6.07, 6.45) is 6.73. The molecule has 8 nitrogen and oxygen atoms in total. The number of ether oxygens (including phenoxy) is 1. The Hall–Kier alpha value is -1.24. The minimum atomic E-state index is -3.93. The van der Waals surface area contributed by atoms with E-state index in [2.05, 4.69) is 4.90 Å². The SMILES string of the molecule is NS(=O)(=O)c1cc2c(s1)S(=O)(=O)N(C/C=C/CN1CCOCC1)C=C2. The number of primary sulfonamides is 1. The molecule has 0 amide bonds. The second-order valence-corrected chi connectivity index (χ2v) is 10.6. The highest BCUT2D eigenvalue weighted by Gasteiger charge is 2.31. The van der Waals surface area contributed by atoms with Gasteiger partial charge in [-0.2, -0.15) is 0 Å². The zero-order valence-corrected chi connectivity index (χ0v) is 15.8. The van der Waals surface area contributed by atoms with E-state index >= 15 is 0 Å². The Morgan fingerprint density at radius 1 is 1.24 bits per heavy atom. The van der Waals surface area contributed by atoms with Gasteiger partial charge in [0.15, 0.2) is 0 Å². The van der Waals surface area contributed by atoms with Gasteiger partial charge in [-0.05, 0) is 12.1 Å². The lowest BCUT2D eigenvalue weighted by Crippen LogP contribution is -2.36. The first-order valence-electron chi connectivity index (χ1n) is 7.60. The van der Waals surface area contributed by atoms with Crippen molar-refractivity contribution in [3.63, 3.8) is 0 Å². The van der Waals surface area contributed by atoms with Crippen LogP contribution >= 0.6 is 11.3 Å². The van der Waals surface area contributed by atoms with Gasteiger partial charge in [-0.25, -0.2) is 22.0 Å². The lowest BCUT2D eigenvalue weighted by atomic mass is 10.3. The van der Waals surface area contributed by atoms with Crippen molar-refractivity contribution in [2.45, 2.75) is 8.42 Å². The number of rotatable bonds is 5. The van der Waals surface area contributed by atoms with Crippen LogP contribution < -0.4 is 5.14 Å². The molecule has 138 valence electrons. The Labute approximate surface area is 151 Å². The van der Waals surface area contributed by atoms with Crippen molar-refractivity contribution < 1.29 is 21.6 Å². The van der Waals surface area contributed by atoms with Gasteiger partial charge < -0.3 is 4.74 Å². The molecule has 0 spiro atoms. The van der Waals surface area contributed by atoms with Crippen molar-refractivity contribution in [2.24, 2.45) is 5.14 Å². The first kappa shape index (κ1) is 18.5. The predicted molar refractivity (Wildman–Crippen MR) is 95.0 cm³/mol. The lowest BCUT2D eigenvalue weighted by molar-refractivity contribution is 0.0434. The normalized spacial score (nSPS) is 20.9. The van der Waals surface area contributed by atoms with E-state index < -0.39 is 20.0 Å². The van der Waals surface area contributed by atoms with Gasteiger partial charge in [0.1, 0.15) is 8.42 Å². The van der Waals surface area contributed by atoms with E-state index in [0.717, 1.165) is 19.6 Å². The van der Waals surface area contributed by atoms with Gasteiger partial charge in [0, 0.05) is 31.4 Å². The summed E-state index contributed by atoms with van der Waals surface area (Å²) in [6, 6.07) is 1.29. The topological polar surface area (TPSA) is 110 Å². The summed E-state index contributed by atoms with van der Waals surface area (Å²) in [5.74, 6) is 0. The first-order valence-corrected chi connectivity index (χ1v) is 11.4. The molecule has 2 aliphatic heterocycles. The summed E-state index contributed by atoms with van der Waals surface area (Å²) in [4.78, 5) is 2.22. The minimum Gasteiger partial charge on any atom is -0.379 e. The van der Waals surface area contributed by atoms with Gasteiger partial charge in [-0.1, -0.05) is 12.2 Å². The molecule has 0 aliphatic carbocycles. The third-order valence-electron chi connectivity index (χ3n) is 3.87. The lowest BCUT2D eigenvalue weighted by Gasteiger charge is -2.25. The Bertz CT molecular complexity index is 896. The molecule has 0 aromatic carbocycles. The van der Waals surface area contributed by atoms with Crippen molar-refractivity contribution >= 4 is 37.5 Å². The zero-order chi connectivity index (χ0) is 18.1. The predicted octanol–water partition coefficient (Wildman–Crippen LogP) is 0.259. The van der Waals surface area contributed by atoms with Gasteiger partial charge in [0.25, 0.3) is 10.0 Å². The maximum absolute atomic E-state index is 12.6. The van der Waals surface area contributed by atoms with Crippen LogP contribution in [-0.2, 0) is 24.8 Å². The number of nitrogens with two attached hydrogens (primary N) is 1. The Balaban J connectivity index is 1.69. The summed E-state index contributed by atoms with van der Waals surface area (Å²) in [5, 5.41) is 5.09. The second kappa shape index (κ2) is 7.17. The smallest absolute Gasteiger partial charge is 0.274 e. The van der Waals surface area contributed by atoms with Crippen LogP contribution in [0.15, 0.2) is 32.8 Å². The van der Waals surface area contributed by atoms with Crippen LogP contribution in [-0.4, -0.2) is 65.4 Å². The second-order valence-electron chi connectivity index (χ2n) is 5.63. The van der Waals surface area contributed by atoms with Gasteiger partial charge in [-0.3, -0.25) is 9.21 Å². The van der Waals surface area contributed by atoms with Gasteiger partial charge in [-0.15, -0.1) is 11.3 Å². The summed E-state index contributed by atoms with van der Waals surface area (Å²) >= 11 is 0.675. The maximum Gasteiger partial charge on any atom is 0.274 e. The molecule has 0 radical (unpaired) electrons. The third kappa shape index (κ3) is 4.13. The molecule has 0 unspecified atom stereocenters. The van der Waals surface area contributed by atoms with Crippen molar-refractivity contribution in [1.82, 2.24) is 9.21 Å². The van der Waals surface area contributed by atoms with Crippen LogP contribution in [0.5, 0.6) is 0 Å². The van der Waals surface area contributed by atoms with E-state index in [-0.39, 0.29) is 15.0 Å². The van der Waals surface area contributed by atoms with Crippen LogP contribution in [0, 0.1) is 0 Å². The number of morpholine rings is 1. The van der Waals surface area contributed by atoms with E-state index in [4.69, 9.17) is 9.88 Å². The highest BCUT2D eigenvalue weighted by molar-refractivity contribution is 7.94. The van der Waals surface area contributed by atoms with E-state index in [1.165, 1.54) is 16.6 Å². The van der Waals surface area contributed by atoms with Crippen LogP contribution in [0.3, 0.4) is 0 Å². The molecular formula is C14H19N3O5S3. The average Bonchev–Trinajstić information content (AvgIpc) is 3.00. The summed E-state index contributed by atoms with van der Waals surface area (Å²) in [6.45, 7) is 4.07. The first-order chi connectivity index (χ1) is 11.8. The zero-order valence-electron chi connectivity index (χ0n) is 13.4. The molecule has 2 N–H and O–H groups in total. The van der Waals surface area contributed by atoms with E-state index in [1.807, 2.05) is 6.08 Å². The highest BCUT2D eigenvalue weighted by Crippen LogP contribution is 2.35. The molecule has 1 aromatic rings. The fourth-order valence-corrected chi connectivity index (χ4v) is 6.41. The van der Waals surface area contributed by atoms with Crippen LogP contribution in [0.25, 0.3) is 6.08 Å².